The molecule has 0 unspecified atom stereocenters. The molecule has 0 aliphatic carbocycles. The lowest BCUT2D eigenvalue weighted by Crippen LogP contribution is -2.08. The average Bonchev–Trinajstić information content (AvgIpc) is 2.59. The van der Waals surface area contributed by atoms with Crippen molar-refractivity contribution >= 4 is 0 Å². The molecule has 0 aromatic carbocycles. The van der Waals surface area contributed by atoms with Crippen molar-refractivity contribution in [3.8, 4) is 0 Å². The zero-order valence-corrected chi connectivity index (χ0v) is 5.67. The topological polar surface area (TPSA) is 53.6 Å². The zero-order valence-electron chi connectivity index (χ0n) is 5.67. The Bertz CT molecular complexity index is 188. The van der Waals surface area contributed by atoms with E-state index in [1.807, 2.05) is 0 Å². The van der Waals surface area contributed by atoms with Gasteiger partial charge in [0, 0.05) is 12.5 Å². The number of nitrogens with zero attached hydrogens (tertiary/aromatic N) is 2. The first kappa shape index (κ1) is 5.85. The van der Waals surface area contributed by atoms with E-state index in [1.54, 1.807) is 6.20 Å². The maximum absolute atomic E-state index is 4.02. The summed E-state index contributed by atoms with van der Waals surface area (Å²) in [6.07, 6.45) is 2.99. The molecule has 4 nitrogen and oxygen atoms in total. The van der Waals surface area contributed by atoms with Gasteiger partial charge in [-0.15, -0.1) is 0 Å². The summed E-state index contributed by atoms with van der Waals surface area (Å²) in [6.45, 7) is 2.16. The lowest BCUT2D eigenvalue weighted by atomic mass is 10.1. The predicted octanol–water partition coefficient (Wildman–Crippen LogP) is -0.118. The van der Waals surface area contributed by atoms with Gasteiger partial charge in [-0.05, 0) is 13.0 Å². The molecule has 0 amide bonds. The van der Waals surface area contributed by atoms with Gasteiger partial charge < -0.3 is 5.32 Å². The number of aromatic nitrogens is 3. The van der Waals surface area contributed by atoms with Gasteiger partial charge in [0.2, 0.25) is 0 Å². The van der Waals surface area contributed by atoms with E-state index in [0.29, 0.717) is 5.92 Å². The lowest BCUT2D eigenvalue weighted by Gasteiger charge is -1.99. The van der Waals surface area contributed by atoms with Gasteiger partial charge in [-0.3, -0.25) is 0 Å². The molecule has 2 heterocycles. The summed E-state index contributed by atoms with van der Waals surface area (Å²) in [7, 11) is 0. The molecule has 1 aliphatic rings. The second-order valence-electron chi connectivity index (χ2n) is 2.58. The van der Waals surface area contributed by atoms with Gasteiger partial charge in [0.1, 0.15) is 0 Å². The van der Waals surface area contributed by atoms with Crippen molar-refractivity contribution in [2.24, 2.45) is 0 Å². The molecular formula is C6H10N4. The summed E-state index contributed by atoms with van der Waals surface area (Å²) in [6, 6.07) is 0. The molecule has 4 heteroatoms. The largest absolute Gasteiger partial charge is 0.316 e. The van der Waals surface area contributed by atoms with Crippen molar-refractivity contribution < 1.29 is 0 Å². The summed E-state index contributed by atoms with van der Waals surface area (Å²) in [5.41, 5.74) is 1.09. The fraction of sp³-hybridized carbons (Fsp3) is 0.667. The van der Waals surface area contributed by atoms with Crippen LogP contribution in [0.4, 0.5) is 0 Å². The van der Waals surface area contributed by atoms with Crippen molar-refractivity contribution in [2.45, 2.75) is 12.3 Å². The predicted molar refractivity (Wildman–Crippen MR) is 36.6 cm³/mol. The fourth-order valence-electron chi connectivity index (χ4n) is 1.31. The number of hydrogen-bond donors (Lipinski definition) is 2. The van der Waals surface area contributed by atoms with E-state index in [1.165, 1.54) is 6.42 Å². The van der Waals surface area contributed by atoms with Crippen LogP contribution in [-0.2, 0) is 0 Å². The van der Waals surface area contributed by atoms with Crippen molar-refractivity contribution in [1.82, 2.24) is 20.7 Å². The standard InChI is InChI=1S/C6H10N4/c1-2-7-3-5(1)6-4-8-10-9-6/h4-5,7H,1-3H2,(H,8,9,10)/t5-/m0/s1. The quantitative estimate of drug-likeness (QED) is 0.569. The van der Waals surface area contributed by atoms with Crippen LogP contribution in [0.15, 0.2) is 6.20 Å². The van der Waals surface area contributed by atoms with Crippen molar-refractivity contribution in [2.75, 3.05) is 13.1 Å². The number of nitrogens with one attached hydrogen (secondary N) is 2. The van der Waals surface area contributed by atoms with Crippen molar-refractivity contribution in [3.05, 3.63) is 11.9 Å². The van der Waals surface area contributed by atoms with E-state index in [4.69, 9.17) is 0 Å². The van der Waals surface area contributed by atoms with Crippen molar-refractivity contribution in [1.29, 1.82) is 0 Å². The molecule has 2 rings (SSSR count). The van der Waals surface area contributed by atoms with E-state index < -0.39 is 0 Å². The molecule has 0 saturated carbocycles. The lowest BCUT2D eigenvalue weighted by molar-refractivity contribution is 0.728. The molecule has 2 N–H and O–H groups in total. The second-order valence-corrected chi connectivity index (χ2v) is 2.58. The first-order chi connectivity index (χ1) is 4.97. The van der Waals surface area contributed by atoms with E-state index in [0.717, 1.165) is 18.8 Å². The summed E-state index contributed by atoms with van der Waals surface area (Å²) in [5, 5.41) is 13.7. The molecule has 54 valence electrons. The molecule has 0 bridgehead atoms. The maximum atomic E-state index is 4.02. The van der Waals surface area contributed by atoms with Gasteiger partial charge in [0.05, 0.1) is 11.9 Å². The minimum absolute atomic E-state index is 0.582. The highest BCUT2D eigenvalue weighted by Crippen LogP contribution is 2.18. The third-order valence-corrected chi connectivity index (χ3v) is 1.91. The molecule has 0 radical (unpaired) electrons. The van der Waals surface area contributed by atoms with E-state index in [-0.39, 0.29) is 0 Å². The van der Waals surface area contributed by atoms with E-state index >= 15 is 0 Å². The van der Waals surface area contributed by atoms with Crippen LogP contribution in [0.3, 0.4) is 0 Å². The zero-order chi connectivity index (χ0) is 6.81. The Kier molecular flexibility index (Phi) is 1.39. The third-order valence-electron chi connectivity index (χ3n) is 1.91. The van der Waals surface area contributed by atoms with Crippen LogP contribution in [-0.4, -0.2) is 28.5 Å². The minimum Gasteiger partial charge on any atom is -0.316 e. The Morgan fingerprint density at radius 2 is 2.60 bits per heavy atom. The smallest absolute Gasteiger partial charge is 0.0868 e. The second kappa shape index (κ2) is 2.38. The summed E-state index contributed by atoms with van der Waals surface area (Å²) >= 11 is 0. The Hall–Kier alpha value is -0.900. The monoisotopic (exact) mass is 138 g/mol. The molecule has 1 atom stereocenters. The third kappa shape index (κ3) is 0.903. The Labute approximate surface area is 59.0 Å². The number of rotatable bonds is 1. The molecule has 0 spiro atoms. The highest BCUT2D eigenvalue weighted by Gasteiger charge is 2.18. The Morgan fingerprint density at radius 3 is 3.20 bits per heavy atom. The molecule has 1 saturated heterocycles. The van der Waals surface area contributed by atoms with Crippen LogP contribution < -0.4 is 5.32 Å². The summed E-state index contributed by atoms with van der Waals surface area (Å²) < 4.78 is 0. The molecule has 1 aromatic heterocycles. The molecular weight excluding hydrogens is 128 g/mol. The van der Waals surface area contributed by atoms with Gasteiger partial charge in [-0.2, -0.15) is 15.4 Å². The van der Waals surface area contributed by atoms with Gasteiger partial charge in [0.15, 0.2) is 0 Å². The van der Waals surface area contributed by atoms with Crippen molar-refractivity contribution in [3.63, 3.8) is 0 Å². The molecule has 1 fully saturated rings. The van der Waals surface area contributed by atoms with Gasteiger partial charge in [-0.25, -0.2) is 0 Å². The van der Waals surface area contributed by atoms with Crippen LogP contribution in [0.25, 0.3) is 0 Å². The average molecular weight is 138 g/mol. The van der Waals surface area contributed by atoms with Crippen LogP contribution >= 0.6 is 0 Å². The number of aromatic amines is 1. The number of H-pyrrole nitrogens is 1. The van der Waals surface area contributed by atoms with Gasteiger partial charge in [0.25, 0.3) is 0 Å². The normalized spacial score (nSPS) is 25.4. The first-order valence-electron chi connectivity index (χ1n) is 3.53. The molecule has 10 heavy (non-hydrogen) atoms. The Balaban J connectivity index is 2.12. The van der Waals surface area contributed by atoms with Crippen LogP contribution in [0.5, 0.6) is 0 Å². The van der Waals surface area contributed by atoms with Crippen LogP contribution in [0.1, 0.15) is 18.0 Å². The summed E-state index contributed by atoms with van der Waals surface area (Å²) in [5.74, 6) is 0.582. The highest BCUT2D eigenvalue weighted by atomic mass is 15.3. The fourth-order valence-corrected chi connectivity index (χ4v) is 1.31. The highest BCUT2D eigenvalue weighted by molar-refractivity contribution is 5.03. The first-order valence-corrected chi connectivity index (χ1v) is 3.53. The Morgan fingerprint density at radius 1 is 1.60 bits per heavy atom. The van der Waals surface area contributed by atoms with Gasteiger partial charge in [-0.1, -0.05) is 0 Å². The van der Waals surface area contributed by atoms with E-state index in [2.05, 4.69) is 20.7 Å². The van der Waals surface area contributed by atoms with E-state index in [9.17, 15) is 0 Å². The van der Waals surface area contributed by atoms with Crippen LogP contribution in [0.2, 0.25) is 0 Å². The number of hydrogen-bond acceptors (Lipinski definition) is 3. The van der Waals surface area contributed by atoms with Gasteiger partial charge >= 0.3 is 0 Å². The molecule has 1 aliphatic heterocycles. The summed E-state index contributed by atoms with van der Waals surface area (Å²) in [4.78, 5) is 0. The SMILES string of the molecule is c1n[nH]nc1[C@H]1CCNC1. The molecule has 1 aromatic rings. The van der Waals surface area contributed by atoms with Crippen LogP contribution in [0, 0.1) is 0 Å². The minimum atomic E-state index is 0.582. The maximum Gasteiger partial charge on any atom is 0.0868 e.